The number of carbonyl (C=O) groups is 2. The molecule has 0 aromatic heterocycles. The van der Waals surface area contributed by atoms with Gasteiger partial charge in [-0.05, 0) is 42.8 Å². The van der Waals surface area contributed by atoms with Gasteiger partial charge in [0.1, 0.15) is 5.82 Å². The molecule has 1 N–H and O–H groups in total. The van der Waals surface area contributed by atoms with Crippen LogP contribution in [0.2, 0.25) is 0 Å². The molecule has 3 aromatic carbocycles. The molecule has 0 aliphatic carbocycles. The zero-order chi connectivity index (χ0) is 27.2. The van der Waals surface area contributed by atoms with Crippen LogP contribution in [0.4, 0.5) is 21.5 Å². The van der Waals surface area contributed by atoms with Crippen molar-refractivity contribution in [2.24, 2.45) is 5.41 Å². The van der Waals surface area contributed by atoms with Crippen molar-refractivity contribution < 1.29 is 14.0 Å². The van der Waals surface area contributed by atoms with Gasteiger partial charge in [0.25, 0.3) is 5.91 Å². The lowest BCUT2D eigenvalue weighted by Crippen LogP contribution is -2.55. The first-order valence-corrected chi connectivity index (χ1v) is 13.1. The summed E-state index contributed by atoms with van der Waals surface area (Å²) in [6.45, 7) is 10.3. The van der Waals surface area contributed by atoms with E-state index in [2.05, 4.69) is 34.2 Å². The van der Waals surface area contributed by atoms with E-state index in [4.69, 9.17) is 0 Å². The average Bonchev–Trinajstić information content (AvgIpc) is 2.97. The number of nitrogens with zero attached hydrogens (tertiary/aromatic N) is 3. The van der Waals surface area contributed by atoms with E-state index < -0.39 is 11.0 Å². The van der Waals surface area contributed by atoms with Crippen molar-refractivity contribution in [3.8, 4) is 0 Å². The number of piperazine rings is 1. The van der Waals surface area contributed by atoms with Gasteiger partial charge in [0.2, 0.25) is 5.91 Å². The van der Waals surface area contributed by atoms with Crippen LogP contribution >= 0.6 is 0 Å². The standard InChI is InChI=1S/C31H35FN4O2/c1-30(2,3)29(38)33-21-14-15-27(25(32)20-21)35-16-18-36(19-17-35)31(4)23-11-7-6-10-22(23)28(37)34(5)26-13-9-8-12-24(26)31/h6-15,20H,16-19H2,1-5H3,(H,33,38). The minimum absolute atomic E-state index is 0.0175. The summed E-state index contributed by atoms with van der Waals surface area (Å²) < 4.78 is 15.2. The molecule has 2 aliphatic heterocycles. The van der Waals surface area contributed by atoms with Gasteiger partial charge in [0, 0.05) is 61.1 Å². The highest BCUT2D eigenvalue weighted by atomic mass is 19.1. The summed E-state index contributed by atoms with van der Waals surface area (Å²) in [4.78, 5) is 31.9. The molecule has 2 amide bonds. The van der Waals surface area contributed by atoms with Crippen LogP contribution in [-0.4, -0.2) is 49.9 Å². The SMILES string of the molecule is CN1C(=O)c2ccccc2C(C)(N2CCN(c3ccc(NC(=O)C(C)(C)C)cc3F)CC2)c2ccccc21. The lowest BCUT2D eigenvalue weighted by atomic mass is 9.80. The van der Waals surface area contributed by atoms with Crippen LogP contribution in [0.25, 0.3) is 0 Å². The Labute approximate surface area is 224 Å². The van der Waals surface area contributed by atoms with Crippen molar-refractivity contribution in [3.05, 3.63) is 89.2 Å². The Balaban J connectivity index is 1.42. The zero-order valence-corrected chi connectivity index (χ0v) is 22.7. The summed E-state index contributed by atoms with van der Waals surface area (Å²) in [6, 6.07) is 20.9. The molecule has 1 fully saturated rings. The zero-order valence-electron chi connectivity index (χ0n) is 22.7. The number of anilines is 3. The average molecular weight is 515 g/mol. The van der Waals surface area contributed by atoms with E-state index in [1.807, 2.05) is 64.2 Å². The smallest absolute Gasteiger partial charge is 0.258 e. The molecule has 0 saturated carbocycles. The van der Waals surface area contributed by atoms with Crippen molar-refractivity contribution in [3.63, 3.8) is 0 Å². The summed E-state index contributed by atoms with van der Waals surface area (Å²) in [7, 11) is 1.83. The van der Waals surface area contributed by atoms with Crippen LogP contribution in [-0.2, 0) is 10.3 Å². The summed E-state index contributed by atoms with van der Waals surface area (Å²) in [5.41, 5.74) is 3.57. The van der Waals surface area contributed by atoms with Crippen molar-refractivity contribution in [1.82, 2.24) is 4.90 Å². The number of carbonyl (C=O) groups excluding carboxylic acids is 2. The Bertz CT molecular complexity index is 1390. The minimum atomic E-state index is -0.559. The molecule has 2 aliphatic rings. The highest BCUT2D eigenvalue weighted by Crippen LogP contribution is 2.45. The van der Waals surface area contributed by atoms with Gasteiger partial charge in [-0.3, -0.25) is 14.5 Å². The largest absolute Gasteiger partial charge is 0.367 e. The summed E-state index contributed by atoms with van der Waals surface area (Å²) in [5, 5.41) is 2.80. The molecule has 0 radical (unpaired) electrons. The van der Waals surface area contributed by atoms with Crippen LogP contribution in [0.15, 0.2) is 66.7 Å². The van der Waals surface area contributed by atoms with Gasteiger partial charge >= 0.3 is 0 Å². The van der Waals surface area contributed by atoms with Crippen LogP contribution in [0.3, 0.4) is 0 Å². The number of benzene rings is 3. The first-order chi connectivity index (χ1) is 18.0. The monoisotopic (exact) mass is 514 g/mol. The summed E-state index contributed by atoms with van der Waals surface area (Å²) in [6.07, 6.45) is 0. The van der Waals surface area contributed by atoms with Crippen molar-refractivity contribution in [2.75, 3.05) is 48.3 Å². The third kappa shape index (κ3) is 4.35. The number of hydrogen-bond donors (Lipinski definition) is 1. The molecule has 3 aromatic rings. The van der Waals surface area contributed by atoms with Gasteiger partial charge in [0.05, 0.1) is 11.2 Å². The number of halogens is 1. The third-order valence-corrected chi connectivity index (χ3v) is 7.92. The predicted octanol–water partition coefficient (Wildman–Crippen LogP) is 5.49. The minimum Gasteiger partial charge on any atom is -0.367 e. The fourth-order valence-electron chi connectivity index (χ4n) is 5.60. The number of para-hydroxylation sites is 1. The number of rotatable bonds is 3. The quantitative estimate of drug-likeness (QED) is 0.503. The molecular weight excluding hydrogens is 479 g/mol. The lowest BCUT2D eigenvalue weighted by molar-refractivity contribution is -0.123. The maximum atomic E-state index is 15.2. The molecule has 1 unspecified atom stereocenters. The Hall–Kier alpha value is -3.71. The molecule has 38 heavy (non-hydrogen) atoms. The predicted molar refractivity (Wildman–Crippen MR) is 150 cm³/mol. The molecule has 5 rings (SSSR count). The number of amides is 2. The Kier molecular flexibility index (Phi) is 6.51. The van der Waals surface area contributed by atoms with E-state index in [0.29, 0.717) is 43.1 Å². The van der Waals surface area contributed by atoms with Gasteiger partial charge in [0.15, 0.2) is 0 Å². The van der Waals surface area contributed by atoms with Crippen molar-refractivity contribution in [1.29, 1.82) is 0 Å². The van der Waals surface area contributed by atoms with Gasteiger partial charge in [-0.2, -0.15) is 0 Å². The number of fused-ring (bicyclic) bond motifs is 2. The van der Waals surface area contributed by atoms with Crippen LogP contribution in [0.5, 0.6) is 0 Å². The summed E-state index contributed by atoms with van der Waals surface area (Å²) >= 11 is 0. The topological polar surface area (TPSA) is 55.9 Å². The molecule has 0 spiro atoms. The van der Waals surface area contributed by atoms with E-state index in [1.54, 1.807) is 17.0 Å². The third-order valence-electron chi connectivity index (χ3n) is 7.92. The normalized spacial score (nSPS) is 20.0. The van der Waals surface area contributed by atoms with Crippen LogP contribution in [0, 0.1) is 11.2 Å². The van der Waals surface area contributed by atoms with E-state index in [0.717, 1.165) is 16.8 Å². The first-order valence-electron chi connectivity index (χ1n) is 13.1. The Morgan fingerprint density at radius 1 is 0.895 bits per heavy atom. The van der Waals surface area contributed by atoms with E-state index >= 15 is 4.39 Å². The fraction of sp³-hybridized carbons (Fsp3) is 0.355. The molecule has 0 bridgehead atoms. The molecule has 6 nitrogen and oxygen atoms in total. The second-order valence-electron chi connectivity index (χ2n) is 11.3. The van der Waals surface area contributed by atoms with Crippen LogP contribution < -0.4 is 15.1 Å². The molecule has 198 valence electrons. The van der Waals surface area contributed by atoms with E-state index in [9.17, 15) is 9.59 Å². The van der Waals surface area contributed by atoms with Crippen molar-refractivity contribution in [2.45, 2.75) is 33.2 Å². The van der Waals surface area contributed by atoms with Gasteiger partial charge < -0.3 is 15.1 Å². The van der Waals surface area contributed by atoms with Crippen LogP contribution in [0.1, 0.15) is 49.2 Å². The second kappa shape index (κ2) is 9.55. The lowest BCUT2D eigenvalue weighted by Gasteiger charge is -2.47. The second-order valence-corrected chi connectivity index (χ2v) is 11.3. The Morgan fingerprint density at radius 2 is 1.53 bits per heavy atom. The molecular formula is C31H35FN4O2. The fourth-order valence-corrected chi connectivity index (χ4v) is 5.60. The van der Waals surface area contributed by atoms with E-state index in [-0.39, 0.29) is 17.6 Å². The van der Waals surface area contributed by atoms with Gasteiger partial charge in [-0.15, -0.1) is 0 Å². The highest BCUT2D eigenvalue weighted by Gasteiger charge is 2.44. The molecule has 1 atom stereocenters. The number of hydrogen-bond acceptors (Lipinski definition) is 4. The van der Waals surface area contributed by atoms with Gasteiger partial charge in [-0.25, -0.2) is 4.39 Å². The molecule has 2 heterocycles. The maximum absolute atomic E-state index is 15.2. The van der Waals surface area contributed by atoms with Crippen molar-refractivity contribution >= 4 is 28.9 Å². The molecule has 1 saturated heterocycles. The number of nitrogens with one attached hydrogen (secondary N) is 1. The Morgan fingerprint density at radius 3 is 2.18 bits per heavy atom. The molecule has 7 heteroatoms. The first kappa shape index (κ1) is 25.9. The van der Waals surface area contributed by atoms with Gasteiger partial charge in [-0.1, -0.05) is 57.2 Å². The highest BCUT2D eigenvalue weighted by molar-refractivity contribution is 6.08. The maximum Gasteiger partial charge on any atom is 0.258 e. The summed E-state index contributed by atoms with van der Waals surface area (Å²) in [5.74, 6) is -0.524. The van der Waals surface area contributed by atoms with E-state index in [1.165, 1.54) is 6.07 Å².